The van der Waals surface area contributed by atoms with Crippen LogP contribution in [0.15, 0.2) is 36.7 Å². The van der Waals surface area contributed by atoms with Gasteiger partial charge in [-0.1, -0.05) is 6.92 Å². The molecule has 1 saturated heterocycles. The number of piperidine rings is 1. The molecule has 0 bridgehead atoms. The minimum atomic E-state index is -4.63. The van der Waals surface area contributed by atoms with Crippen LogP contribution in [-0.4, -0.2) is 57.9 Å². The van der Waals surface area contributed by atoms with Gasteiger partial charge in [-0.25, -0.2) is 23.7 Å². The number of aromatic nitrogens is 3. The lowest BCUT2D eigenvalue weighted by Crippen LogP contribution is -2.57. The predicted octanol–water partition coefficient (Wildman–Crippen LogP) is 5.53. The number of rotatable bonds is 6. The number of carbonyl (C=O) groups excluding carboxylic acids is 1. The number of carbonyl (C=O) groups is 1. The van der Waals surface area contributed by atoms with Crippen molar-refractivity contribution < 1.29 is 31.5 Å². The molecule has 0 saturated carbocycles. The van der Waals surface area contributed by atoms with E-state index in [0.29, 0.717) is 27.4 Å². The van der Waals surface area contributed by atoms with E-state index in [2.05, 4.69) is 20.3 Å². The van der Waals surface area contributed by atoms with Gasteiger partial charge in [0.15, 0.2) is 5.69 Å². The smallest absolute Gasteiger partial charge is 0.434 e. The van der Waals surface area contributed by atoms with E-state index in [4.69, 9.17) is 4.74 Å². The van der Waals surface area contributed by atoms with Crippen LogP contribution in [0.3, 0.4) is 0 Å². The summed E-state index contributed by atoms with van der Waals surface area (Å²) in [5.41, 5.74) is -0.386. The van der Waals surface area contributed by atoms with Crippen molar-refractivity contribution in [3.63, 3.8) is 0 Å². The predicted molar refractivity (Wildman–Crippen MR) is 128 cm³/mol. The summed E-state index contributed by atoms with van der Waals surface area (Å²) >= 11 is 1.28. The van der Waals surface area contributed by atoms with E-state index in [0.717, 1.165) is 11.1 Å². The number of anilines is 1. The Bertz CT molecular complexity index is 1250. The molecule has 1 aliphatic heterocycles. The summed E-state index contributed by atoms with van der Waals surface area (Å²) in [7, 11) is 1.53. The van der Waals surface area contributed by atoms with Gasteiger partial charge in [0.05, 0.1) is 42.0 Å². The third-order valence-corrected chi connectivity index (χ3v) is 7.08. The highest BCUT2D eigenvalue weighted by atomic mass is 32.1. The number of methoxy groups -OCH3 is 1. The van der Waals surface area contributed by atoms with E-state index in [1.807, 2.05) is 0 Å². The first-order valence-corrected chi connectivity index (χ1v) is 12.1. The maximum Gasteiger partial charge on any atom is 0.434 e. The SMILES string of the molecule is COc1ccc(-c2sc(C)nc2C(=O)N2CC(F)(F)C[C@@H](C)C2CNc2cnc(C(F)(F)F)cn2)cc1. The quantitative estimate of drug-likeness (QED) is 0.413. The lowest BCUT2D eigenvalue weighted by atomic mass is 9.88. The zero-order valence-corrected chi connectivity index (χ0v) is 21.0. The van der Waals surface area contributed by atoms with Gasteiger partial charge < -0.3 is 15.0 Å². The number of nitrogens with one attached hydrogen (secondary N) is 1. The van der Waals surface area contributed by atoms with Gasteiger partial charge in [-0.3, -0.25) is 4.79 Å². The van der Waals surface area contributed by atoms with Crippen LogP contribution in [0.4, 0.5) is 27.8 Å². The number of alkyl halides is 5. The van der Waals surface area contributed by atoms with Crippen LogP contribution in [0, 0.1) is 12.8 Å². The first kappa shape index (κ1) is 26.7. The normalized spacial score (nSPS) is 19.5. The van der Waals surface area contributed by atoms with Crippen LogP contribution in [0.1, 0.15) is 34.5 Å². The molecule has 1 aromatic carbocycles. The summed E-state index contributed by atoms with van der Waals surface area (Å²) in [4.78, 5) is 26.7. The van der Waals surface area contributed by atoms with Gasteiger partial charge >= 0.3 is 6.18 Å². The van der Waals surface area contributed by atoms with Crippen LogP contribution in [-0.2, 0) is 6.18 Å². The van der Waals surface area contributed by atoms with E-state index in [1.165, 1.54) is 18.4 Å². The number of hydrogen-bond acceptors (Lipinski definition) is 7. The summed E-state index contributed by atoms with van der Waals surface area (Å²) in [5.74, 6) is -3.71. The summed E-state index contributed by atoms with van der Waals surface area (Å²) in [6, 6.07) is 6.29. The van der Waals surface area contributed by atoms with E-state index in [9.17, 15) is 26.7 Å². The molecule has 0 spiro atoms. The number of halogens is 5. The van der Waals surface area contributed by atoms with Gasteiger partial charge in [0.2, 0.25) is 0 Å². The molecule has 1 aliphatic rings. The third-order valence-electron chi connectivity index (χ3n) is 6.06. The molecule has 3 aromatic rings. The molecule has 13 heteroatoms. The molecule has 1 unspecified atom stereocenters. The molecule has 0 radical (unpaired) electrons. The number of thiazole rings is 1. The Kier molecular flexibility index (Phi) is 7.36. The van der Waals surface area contributed by atoms with Crippen molar-refractivity contribution in [3.05, 3.63) is 53.1 Å². The minimum Gasteiger partial charge on any atom is -0.497 e. The fourth-order valence-corrected chi connectivity index (χ4v) is 5.22. The van der Waals surface area contributed by atoms with Crippen LogP contribution < -0.4 is 10.1 Å². The highest BCUT2D eigenvalue weighted by Crippen LogP contribution is 2.38. The number of nitrogens with zero attached hydrogens (tertiary/aromatic N) is 4. The molecule has 7 nitrogen and oxygen atoms in total. The highest BCUT2D eigenvalue weighted by molar-refractivity contribution is 7.15. The zero-order valence-electron chi connectivity index (χ0n) is 20.1. The fourth-order valence-electron chi connectivity index (χ4n) is 4.30. The Morgan fingerprint density at radius 1 is 1.22 bits per heavy atom. The minimum absolute atomic E-state index is 0.00990. The Labute approximate surface area is 213 Å². The van der Waals surface area contributed by atoms with Gasteiger partial charge in [-0.15, -0.1) is 11.3 Å². The lowest BCUT2D eigenvalue weighted by Gasteiger charge is -2.43. The van der Waals surface area contributed by atoms with E-state index >= 15 is 0 Å². The van der Waals surface area contributed by atoms with Crippen LogP contribution in [0.25, 0.3) is 10.4 Å². The average Bonchev–Trinajstić information content (AvgIpc) is 3.23. The van der Waals surface area contributed by atoms with Gasteiger partial charge in [0, 0.05) is 13.0 Å². The Morgan fingerprint density at radius 2 is 1.92 bits per heavy atom. The summed E-state index contributed by atoms with van der Waals surface area (Å²) in [5, 5.41) is 3.44. The second kappa shape index (κ2) is 10.2. The van der Waals surface area contributed by atoms with Gasteiger partial charge in [-0.05, 0) is 42.7 Å². The van der Waals surface area contributed by atoms with Gasteiger partial charge in [-0.2, -0.15) is 13.2 Å². The second-order valence-corrected chi connectivity index (χ2v) is 10.0. The van der Waals surface area contributed by atoms with Crippen molar-refractivity contribution in [2.24, 2.45) is 5.92 Å². The first-order chi connectivity index (χ1) is 17.4. The van der Waals surface area contributed by atoms with Crippen LogP contribution in [0.2, 0.25) is 0 Å². The van der Waals surface area contributed by atoms with Crippen molar-refractivity contribution in [2.45, 2.75) is 38.4 Å². The molecule has 4 rings (SSSR count). The Hall–Kier alpha value is -3.35. The van der Waals surface area contributed by atoms with Crippen molar-refractivity contribution in [1.29, 1.82) is 0 Å². The number of hydrogen-bond donors (Lipinski definition) is 1. The molecular weight excluding hydrogens is 517 g/mol. The van der Waals surface area contributed by atoms with Crippen LogP contribution >= 0.6 is 11.3 Å². The molecule has 37 heavy (non-hydrogen) atoms. The molecule has 1 fully saturated rings. The maximum absolute atomic E-state index is 14.6. The average molecular weight is 542 g/mol. The molecule has 0 aliphatic carbocycles. The number of amides is 1. The Balaban J connectivity index is 1.60. The Morgan fingerprint density at radius 3 is 2.51 bits per heavy atom. The standard InChI is InChI=1S/C24H24F5N5O2S/c1-13-8-23(25,26)12-34(17(13)9-31-19-11-30-18(10-32-19)24(27,28)29)22(35)20-21(37-14(2)33-20)15-4-6-16(36-3)7-5-15/h4-7,10-11,13,17H,8-9,12H2,1-3H3,(H,31,32)/t13-,17?/m1/s1. The molecule has 2 atom stereocenters. The molecule has 3 heterocycles. The largest absolute Gasteiger partial charge is 0.497 e. The molecule has 1 amide bonds. The number of aryl methyl sites for hydroxylation is 1. The molecule has 2 aromatic heterocycles. The van der Waals surface area contributed by atoms with Crippen molar-refractivity contribution in [1.82, 2.24) is 19.9 Å². The summed E-state index contributed by atoms with van der Waals surface area (Å²) < 4.78 is 72.7. The van der Waals surface area contributed by atoms with Crippen LogP contribution in [0.5, 0.6) is 5.75 Å². The maximum atomic E-state index is 14.6. The van der Waals surface area contributed by atoms with Crippen molar-refractivity contribution in [3.8, 4) is 16.2 Å². The van der Waals surface area contributed by atoms with E-state index in [-0.39, 0.29) is 18.1 Å². The topological polar surface area (TPSA) is 80.2 Å². The molecule has 1 N–H and O–H groups in total. The number of likely N-dealkylation sites (tertiary alicyclic amines) is 1. The van der Waals surface area contributed by atoms with Crippen molar-refractivity contribution in [2.75, 3.05) is 25.5 Å². The number of ether oxygens (including phenoxy) is 1. The third kappa shape index (κ3) is 5.97. The molecular formula is C24H24F5N5O2S. The van der Waals surface area contributed by atoms with Gasteiger partial charge in [0.1, 0.15) is 17.3 Å². The summed E-state index contributed by atoms with van der Waals surface area (Å²) in [6.07, 6.45) is -3.57. The van der Waals surface area contributed by atoms with E-state index < -0.39 is 48.6 Å². The zero-order chi connectivity index (χ0) is 27.0. The van der Waals surface area contributed by atoms with E-state index in [1.54, 1.807) is 38.1 Å². The summed E-state index contributed by atoms with van der Waals surface area (Å²) in [6.45, 7) is 2.52. The lowest BCUT2D eigenvalue weighted by molar-refractivity contribution is -0.141. The molecule has 198 valence electrons. The second-order valence-electron chi connectivity index (χ2n) is 8.84. The highest BCUT2D eigenvalue weighted by Gasteiger charge is 2.47. The monoisotopic (exact) mass is 541 g/mol. The fraction of sp³-hybridized carbons (Fsp3) is 0.417. The van der Waals surface area contributed by atoms with Crippen molar-refractivity contribution >= 4 is 23.1 Å². The first-order valence-electron chi connectivity index (χ1n) is 11.3. The van der Waals surface area contributed by atoms with Gasteiger partial charge in [0.25, 0.3) is 11.8 Å². The number of benzene rings is 1.